The zero-order valence-corrected chi connectivity index (χ0v) is 15.8. The number of aliphatic carboxylic acids is 1. The lowest BCUT2D eigenvalue weighted by Crippen LogP contribution is -2.54. The number of aryl methyl sites for hydroxylation is 1. The predicted octanol–water partition coefficient (Wildman–Crippen LogP) is 3.37. The number of nitrogens with one attached hydrogen (secondary N) is 1. The SMILES string of the molecule is CCN(CC(=O)O)C1CC(NC(=O)CCCc2ccc(Cl)c(Cl)c2)C1. The topological polar surface area (TPSA) is 69.6 Å². The van der Waals surface area contributed by atoms with Gasteiger partial charge in [-0.25, -0.2) is 0 Å². The van der Waals surface area contributed by atoms with Gasteiger partial charge in [0.1, 0.15) is 0 Å². The Morgan fingerprint density at radius 3 is 2.60 bits per heavy atom. The molecule has 2 N–H and O–H groups in total. The van der Waals surface area contributed by atoms with Gasteiger partial charge in [-0.2, -0.15) is 0 Å². The Morgan fingerprint density at radius 2 is 2.00 bits per heavy atom. The molecule has 1 aromatic carbocycles. The van der Waals surface area contributed by atoms with E-state index in [0.29, 0.717) is 23.0 Å². The maximum Gasteiger partial charge on any atom is 0.317 e. The first-order chi connectivity index (χ1) is 11.9. The zero-order chi connectivity index (χ0) is 18.4. The second kappa shape index (κ2) is 9.41. The van der Waals surface area contributed by atoms with Gasteiger partial charge >= 0.3 is 5.97 Å². The van der Waals surface area contributed by atoms with Gasteiger partial charge in [0.15, 0.2) is 0 Å². The third-order valence-corrected chi connectivity index (χ3v) is 5.33. The number of hydrogen-bond acceptors (Lipinski definition) is 3. The highest BCUT2D eigenvalue weighted by atomic mass is 35.5. The Morgan fingerprint density at radius 1 is 1.28 bits per heavy atom. The molecular weight excluding hydrogens is 363 g/mol. The van der Waals surface area contributed by atoms with E-state index in [9.17, 15) is 9.59 Å². The minimum absolute atomic E-state index is 0.0461. The fourth-order valence-electron chi connectivity index (χ4n) is 3.12. The molecule has 138 valence electrons. The number of likely N-dealkylation sites (N-methyl/N-ethyl adjacent to an activating group) is 1. The molecule has 1 saturated carbocycles. The summed E-state index contributed by atoms with van der Waals surface area (Å²) >= 11 is 11.9. The van der Waals surface area contributed by atoms with Crippen LogP contribution in [-0.4, -0.2) is 47.1 Å². The largest absolute Gasteiger partial charge is 0.480 e. The number of halogens is 2. The van der Waals surface area contributed by atoms with E-state index in [1.165, 1.54) is 0 Å². The molecule has 1 fully saturated rings. The minimum atomic E-state index is -0.809. The van der Waals surface area contributed by atoms with Gasteiger partial charge in [0.25, 0.3) is 0 Å². The Kier molecular flexibility index (Phi) is 7.54. The molecule has 0 heterocycles. The average Bonchev–Trinajstić information content (AvgIpc) is 2.52. The van der Waals surface area contributed by atoms with E-state index in [-0.39, 0.29) is 24.5 Å². The van der Waals surface area contributed by atoms with Crippen molar-refractivity contribution in [3.8, 4) is 0 Å². The molecular formula is C18H24Cl2N2O3. The van der Waals surface area contributed by atoms with Crippen LogP contribution in [0.1, 0.15) is 38.2 Å². The van der Waals surface area contributed by atoms with Gasteiger partial charge in [-0.15, -0.1) is 0 Å². The van der Waals surface area contributed by atoms with Gasteiger partial charge in [0.2, 0.25) is 5.91 Å². The minimum Gasteiger partial charge on any atom is -0.480 e. The van der Waals surface area contributed by atoms with Crippen LogP contribution in [-0.2, 0) is 16.0 Å². The standard InChI is InChI=1S/C18H24Cl2N2O3/c1-2-22(11-18(24)25)14-9-13(10-14)21-17(23)5-3-4-12-6-7-15(19)16(20)8-12/h6-8,13-14H,2-5,9-11H2,1H3,(H,21,23)(H,24,25). The number of rotatable bonds is 9. The highest BCUT2D eigenvalue weighted by Crippen LogP contribution is 2.26. The number of carboxylic acids is 1. The van der Waals surface area contributed by atoms with Crippen LogP contribution in [0, 0.1) is 0 Å². The molecule has 25 heavy (non-hydrogen) atoms. The van der Waals surface area contributed by atoms with Crippen molar-refractivity contribution in [3.63, 3.8) is 0 Å². The van der Waals surface area contributed by atoms with Crippen LogP contribution in [0.4, 0.5) is 0 Å². The van der Waals surface area contributed by atoms with E-state index < -0.39 is 5.97 Å². The molecule has 2 rings (SSSR count). The molecule has 7 heteroatoms. The van der Waals surface area contributed by atoms with Crippen LogP contribution < -0.4 is 5.32 Å². The Bertz CT molecular complexity index is 618. The van der Waals surface area contributed by atoms with E-state index in [4.69, 9.17) is 28.3 Å². The number of hydrogen-bond donors (Lipinski definition) is 2. The highest BCUT2D eigenvalue weighted by Gasteiger charge is 2.34. The first kappa shape index (κ1) is 20.0. The summed E-state index contributed by atoms with van der Waals surface area (Å²) in [5, 5.41) is 13.0. The van der Waals surface area contributed by atoms with E-state index in [2.05, 4.69) is 5.32 Å². The molecule has 0 saturated heterocycles. The second-order valence-electron chi connectivity index (χ2n) is 6.45. The first-order valence-corrected chi connectivity index (χ1v) is 9.33. The van der Waals surface area contributed by atoms with Crippen molar-refractivity contribution < 1.29 is 14.7 Å². The van der Waals surface area contributed by atoms with Crippen LogP contribution in [0.3, 0.4) is 0 Å². The number of carbonyl (C=O) groups is 2. The molecule has 1 aromatic rings. The lowest BCUT2D eigenvalue weighted by atomic mass is 9.85. The molecule has 0 radical (unpaired) electrons. The van der Waals surface area contributed by atoms with E-state index >= 15 is 0 Å². The van der Waals surface area contributed by atoms with Crippen molar-refractivity contribution in [3.05, 3.63) is 33.8 Å². The summed E-state index contributed by atoms with van der Waals surface area (Å²) in [6, 6.07) is 5.93. The van der Waals surface area contributed by atoms with E-state index in [0.717, 1.165) is 31.2 Å². The molecule has 0 bridgehead atoms. The van der Waals surface area contributed by atoms with Gasteiger partial charge in [0.05, 0.1) is 16.6 Å². The van der Waals surface area contributed by atoms with Gasteiger partial charge in [0, 0.05) is 18.5 Å². The van der Waals surface area contributed by atoms with Crippen molar-refractivity contribution in [1.29, 1.82) is 0 Å². The van der Waals surface area contributed by atoms with E-state index in [1.54, 1.807) is 6.07 Å². The third kappa shape index (κ3) is 6.17. The molecule has 0 unspecified atom stereocenters. The molecule has 1 aliphatic rings. The second-order valence-corrected chi connectivity index (χ2v) is 7.26. The van der Waals surface area contributed by atoms with E-state index in [1.807, 2.05) is 24.0 Å². The molecule has 1 amide bonds. The number of amides is 1. The molecule has 0 spiro atoms. The van der Waals surface area contributed by atoms with Gasteiger partial charge in [-0.3, -0.25) is 14.5 Å². The summed E-state index contributed by atoms with van der Waals surface area (Å²) < 4.78 is 0. The first-order valence-electron chi connectivity index (χ1n) is 8.58. The van der Waals surface area contributed by atoms with Gasteiger partial charge in [-0.1, -0.05) is 36.2 Å². The fourth-order valence-corrected chi connectivity index (χ4v) is 3.45. The van der Waals surface area contributed by atoms with Crippen molar-refractivity contribution in [2.75, 3.05) is 13.1 Å². The Balaban J connectivity index is 1.65. The summed E-state index contributed by atoms with van der Waals surface area (Å²) in [6.07, 6.45) is 3.63. The van der Waals surface area contributed by atoms with Gasteiger partial charge in [-0.05, 0) is 49.9 Å². The lowest BCUT2D eigenvalue weighted by molar-refractivity contribution is -0.139. The number of carboxylic acid groups (broad SMARTS) is 1. The fraction of sp³-hybridized carbons (Fsp3) is 0.556. The van der Waals surface area contributed by atoms with Crippen LogP contribution >= 0.6 is 23.2 Å². The summed E-state index contributed by atoms with van der Waals surface area (Å²) in [4.78, 5) is 24.8. The molecule has 1 aliphatic carbocycles. The number of carbonyl (C=O) groups excluding carboxylic acids is 1. The summed E-state index contributed by atoms with van der Waals surface area (Å²) in [6.45, 7) is 2.73. The zero-order valence-electron chi connectivity index (χ0n) is 14.3. The van der Waals surface area contributed by atoms with Crippen LogP contribution in [0.2, 0.25) is 10.0 Å². The summed E-state index contributed by atoms with van der Waals surface area (Å²) in [5.41, 5.74) is 1.07. The smallest absolute Gasteiger partial charge is 0.317 e. The monoisotopic (exact) mass is 386 g/mol. The molecule has 5 nitrogen and oxygen atoms in total. The van der Waals surface area contributed by atoms with Crippen molar-refractivity contribution in [2.24, 2.45) is 0 Å². The van der Waals surface area contributed by atoms with Crippen molar-refractivity contribution >= 4 is 35.1 Å². The van der Waals surface area contributed by atoms with Crippen LogP contribution in [0.15, 0.2) is 18.2 Å². The lowest BCUT2D eigenvalue weighted by Gasteiger charge is -2.42. The Labute approximate surface area is 158 Å². The Hall–Kier alpha value is -1.30. The maximum absolute atomic E-state index is 12.0. The highest BCUT2D eigenvalue weighted by molar-refractivity contribution is 6.42. The van der Waals surface area contributed by atoms with Crippen molar-refractivity contribution in [2.45, 2.75) is 51.1 Å². The average molecular weight is 387 g/mol. The summed E-state index contributed by atoms with van der Waals surface area (Å²) in [5.74, 6) is -0.763. The molecule has 0 aliphatic heterocycles. The third-order valence-electron chi connectivity index (χ3n) is 4.59. The van der Waals surface area contributed by atoms with Gasteiger partial charge < -0.3 is 10.4 Å². The maximum atomic E-state index is 12.0. The normalized spacial score (nSPS) is 19.5. The van der Waals surface area contributed by atoms with Crippen molar-refractivity contribution in [1.82, 2.24) is 10.2 Å². The predicted molar refractivity (Wildman–Crippen MR) is 99.2 cm³/mol. The molecule has 0 atom stereocenters. The quantitative estimate of drug-likeness (QED) is 0.682. The van der Waals surface area contributed by atoms with Crippen LogP contribution in [0.25, 0.3) is 0 Å². The molecule has 0 aromatic heterocycles. The van der Waals surface area contributed by atoms with Crippen LogP contribution in [0.5, 0.6) is 0 Å². The summed E-state index contributed by atoms with van der Waals surface area (Å²) in [7, 11) is 0. The number of benzene rings is 1. The number of nitrogens with zero attached hydrogens (tertiary/aromatic N) is 1.